The summed E-state index contributed by atoms with van der Waals surface area (Å²) < 4.78 is 11.4. The molecule has 0 aliphatic carbocycles. The summed E-state index contributed by atoms with van der Waals surface area (Å²) in [4.78, 5) is 31.4. The second-order valence-corrected chi connectivity index (χ2v) is 9.15. The van der Waals surface area contributed by atoms with Gasteiger partial charge in [0.1, 0.15) is 12.0 Å². The van der Waals surface area contributed by atoms with Gasteiger partial charge in [-0.15, -0.1) is 0 Å². The van der Waals surface area contributed by atoms with Gasteiger partial charge in [-0.3, -0.25) is 9.59 Å². The summed E-state index contributed by atoms with van der Waals surface area (Å²) in [6.45, 7) is 8.42. The van der Waals surface area contributed by atoms with E-state index < -0.39 is 0 Å². The summed E-state index contributed by atoms with van der Waals surface area (Å²) in [5.74, 6) is 0.754. The number of amides is 2. The van der Waals surface area contributed by atoms with Crippen molar-refractivity contribution in [2.24, 2.45) is 5.92 Å². The molecule has 1 atom stereocenters. The van der Waals surface area contributed by atoms with Crippen molar-refractivity contribution in [2.45, 2.75) is 52.8 Å². The van der Waals surface area contributed by atoms with E-state index in [1.165, 1.54) is 11.8 Å². The molecular weight excluding hydrogens is 430 g/mol. The highest BCUT2D eigenvalue weighted by Crippen LogP contribution is 2.38. The van der Waals surface area contributed by atoms with Gasteiger partial charge < -0.3 is 19.4 Å². The van der Waals surface area contributed by atoms with E-state index in [1.54, 1.807) is 0 Å². The van der Waals surface area contributed by atoms with Crippen LogP contribution in [0.4, 0.5) is 0 Å². The molecule has 1 aliphatic rings. The second kappa shape index (κ2) is 10.1. The summed E-state index contributed by atoms with van der Waals surface area (Å²) in [7, 11) is 0. The molecule has 0 fully saturated rings. The molecule has 0 spiro atoms. The maximum absolute atomic E-state index is 13.1. The molecule has 0 saturated heterocycles. The molecule has 34 heavy (non-hydrogen) atoms. The maximum atomic E-state index is 13.1. The van der Waals surface area contributed by atoms with Gasteiger partial charge in [0.15, 0.2) is 12.3 Å². The number of benzene rings is 2. The third-order valence-electron chi connectivity index (χ3n) is 5.80. The summed E-state index contributed by atoms with van der Waals surface area (Å²) in [5.41, 5.74) is 3.57. The highest BCUT2D eigenvalue weighted by molar-refractivity contribution is 5.92. The Bertz CT molecular complexity index is 1150. The molecule has 1 N–H and O–H groups in total. The molecule has 0 saturated carbocycles. The minimum absolute atomic E-state index is 0.0131. The zero-order valence-electron chi connectivity index (χ0n) is 20.1. The van der Waals surface area contributed by atoms with Crippen molar-refractivity contribution in [1.29, 1.82) is 0 Å². The first-order valence-corrected chi connectivity index (χ1v) is 11.7. The molecule has 0 radical (unpaired) electrons. The molecule has 2 heterocycles. The minimum Gasteiger partial charge on any atom is -0.484 e. The monoisotopic (exact) mass is 461 g/mol. The molecule has 4 rings (SSSR count). The van der Waals surface area contributed by atoms with E-state index >= 15 is 0 Å². The number of hydrogen-bond acceptors (Lipinski definition) is 5. The first-order chi connectivity index (χ1) is 16.3. The second-order valence-electron chi connectivity index (χ2n) is 9.15. The van der Waals surface area contributed by atoms with Crippen LogP contribution in [0.5, 0.6) is 5.75 Å². The van der Waals surface area contributed by atoms with Crippen molar-refractivity contribution in [3.63, 3.8) is 0 Å². The van der Waals surface area contributed by atoms with Gasteiger partial charge >= 0.3 is 0 Å². The van der Waals surface area contributed by atoms with E-state index in [2.05, 4.69) is 28.5 Å². The Kier molecular flexibility index (Phi) is 7.01. The SMILES string of the molecule is CC(C)NC(=O)c1coc(COc2ccc3c(c2)[C@@H](c2ccccc2)N(C(=O)C(C)C)CC3)n1. The van der Waals surface area contributed by atoms with Crippen LogP contribution in [0, 0.1) is 5.92 Å². The summed E-state index contributed by atoms with van der Waals surface area (Å²) in [6.07, 6.45) is 2.13. The fraction of sp³-hybridized carbons (Fsp3) is 0.370. The number of hydrogen-bond donors (Lipinski definition) is 1. The number of ether oxygens (including phenoxy) is 1. The Morgan fingerprint density at radius 1 is 1.15 bits per heavy atom. The van der Waals surface area contributed by atoms with Gasteiger partial charge in [-0.2, -0.15) is 0 Å². The zero-order chi connectivity index (χ0) is 24.2. The highest BCUT2D eigenvalue weighted by Gasteiger charge is 2.33. The van der Waals surface area contributed by atoms with E-state index in [1.807, 2.05) is 62.9 Å². The summed E-state index contributed by atoms with van der Waals surface area (Å²) in [5, 5.41) is 2.79. The van der Waals surface area contributed by atoms with Gasteiger partial charge in [-0.25, -0.2) is 4.98 Å². The Morgan fingerprint density at radius 2 is 1.91 bits per heavy atom. The number of fused-ring (bicyclic) bond motifs is 1. The Morgan fingerprint density at radius 3 is 2.62 bits per heavy atom. The minimum atomic E-state index is -0.278. The van der Waals surface area contributed by atoms with Crippen molar-refractivity contribution in [3.8, 4) is 5.75 Å². The van der Waals surface area contributed by atoms with Crippen molar-refractivity contribution >= 4 is 11.8 Å². The van der Waals surface area contributed by atoms with Crippen LogP contribution in [0.25, 0.3) is 0 Å². The van der Waals surface area contributed by atoms with E-state index in [0.29, 0.717) is 18.2 Å². The molecule has 178 valence electrons. The largest absolute Gasteiger partial charge is 0.484 e. The average Bonchev–Trinajstić information content (AvgIpc) is 3.31. The maximum Gasteiger partial charge on any atom is 0.273 e. The predicted molar refractivity (Wildman–Crippen MR) is 128 cm³/mol. The van der Waals surface area contributed by atoms with Crippen LogP contribution in [0.15, 0.2) is 59.2 Å². The quantitative estimate of drug-likeness (QED) is 0.559. The number of oxazole rings is 1. The standard InChI is InChI=1S/C27H31N3O4/c1-17(2)27(32)30-13-12-19-10-11-21(14-22(19)25(30)20-8-6-5-7-9-20)33-16-24-29-23(15-34-24)26(31)28-18(3)4/h5-11,14-15,17-18,25H,12-13,16H2,1-4H3,(H,28,31)/t25-/m1/s1. The van der Waals surface area contributed by atoms with Crippen LogP contribution in [-0.2, 0) is 17.8 Å². The molecule has 3 aromatic rings. The number of nitrogens with one attached hydrogen (secondary N) is 1. The fourth-order valence-electron chi connectivity index (χ4n) is 4.21. The molecule has 0 bridgehead atoms. The third kappa shape index (κ3) is 5.14. The van der Waals surface area contributed by atoms with Crippen LogP contribution in [0.1, 0.15) is 66.8 Å². The molecule has 2 amide bonds. The molecular formula is C27H31N3O4. The van der Waals surface area contributed by atoms with Crippen LogP contribution in [-0.4, -0.2) is 34.3 Å². The van der Waals surface area contributed by atoms with Gasteiger partial charge in [0.25, 0.3) is 5.91 Å². The molecule has 0 unspecified atom stereocenters. The lowest BCUT2D eigenvalue weighted by molar-refractivity contribution is -0.136. The van der Waals surface area contributed by atoms with Crippen molar-refractivity contribution in [1.82, 2.24) is 15.2 Å². The Balaban J connectivity index is 1.57. The molecule has 1 aliphatic heterocycles. The topological polar surface area (TPSA) is 84.7 Å². The first kappa shape index (κ1) is 23.5. The number of carbonyl (C=O) groups excluding carboxylic acids is 2. The third-order valence-corrected chi connectivity index (χ3v) is 5.80. The summed E-state index contributed by atoms with van der Waals surface area (Å²) in [6, 6.07) is 15.9. The van der Waals surface area contributed by atoms with Gasteiger partial charge in [0.05, 0.1) is 6.04 Å². The van der Waals surface area contributed by atoms with Crippen LogP contribution in [0.2, 0.25) is 0 Å². The van der Waals surface area contributed by atoms with Crippen molar-refractivity contribution in [2.75, 3.05) is 6.54 Å². The highest BCUT2D eigenvalue weighted by atomic mass is 16.5. The van der Waals surface area contributed by atoms with E-state index in [4.69, 9.17) is 9.15 Å². The van der Waals surface area contributed by atoms with Crippen LogP contribution >= 0.6 is 0 Å². The van der Waals surface area contributed by atoms with Crippen LogP contribution < -0.4 is 10.1 Å². The number of rotatable bonds is 7. The number of aromatic nitrogens is 1. The number of nitrogens with zero attached hydrogens (tertiary/aromatic N) is 2. The fourth-order valence-corrected chi connectivity index (χ4v) is 4.21. The normalized spacial score (nSPS) is 15.4. The van der Waals surface area contributed by atoms with Gasteiger partial charge in [-0.05, 0) is 49.1 Å². The van der Waals surface area contributed by atoms with Crippen molar-refractivity contribution < 1.29 is 18.7 Å². The molecule has 2 aromatic carbocycles. The zero-order valence-corrected chi connectivity index (χ0v) is 20.1. The van der Waals surface area contributed by atoms with Gasteiger partial charge in [0, 0.05) is 18.5 Å². The smallest absolute Gasteiger partial charge is 0.273 e. The summed E-state index contributed by atoms with van der Waals surface area (Å²) >= 11 is 0. The van der Waals surface area contributed by atoms with E-state index in [0.717, 1.165) is 17.5 Å². The molecule has 7 heteroatoms. The van der Waals surface area contributed by atoms with Gasteiger partial charge in [-0.1, -0.05) is 50.2 Å². The van der Waals surface area contributed by atoms with Crippen molar-refractivity contribution in [3.05, 3.63) is 83.1 Å². The Hall–Kier alpha value is -3.61. The predicted octanol–water partition coefficient (Wildman–Crippen LogP) is 4.52. The first-order valence-electron chi connectivity index (χ1n) is 11.7. The van der Waals surface area contributed by atoms with E-state index in [-0.39, 0.29) is 42.1 Å². The average molecular weight is 462 g/mol. The Labute approximate surface area is 200 Å². The lowest BCUT2D eigenvalue weighted by atomic mass is 9.87. The van der Waals surface area contributed by atoms with E-state index in [9.17, 15) is 9.59 Å². The van der Waals surface area contributed by atoms with Gasteiger partial charge in [0.2, 0.25) is 11.8 Å². The molecule has 1 aromatic heterocycles. The molecule has 7 nitrogen and oxygen atoms in total. The number of carbonyl (C=O) groups is 2. The van der Waals surface area contributed by atoms with Crippen LogP contribution in [0.3, 0.4) is 0 Å². The lowest BCUT2D eigenvalue weighted by Gasteiger charge is -2.39. The lowest BCUT2D eigenvalue weighted by Crippen LogP contribution is -2.42.